The predicted molar refractivity (Wildman–Crippen MR) is 41.6 cm³/mol. The summed E-state index contributed by atoms with van der Waals surface area (Å²) in [6, 6.07) is 0. The van der Waals surface area contributed by atoms with Gasteiger partial charge in [0.2, 0.25) is 0 Å². The summed E-state index contributed by atoms with van der Waals surface area (Å²) in [5.74, 6) is 0. The van der Waals surface area contributed by atoms with E-state index in [4.69, 9.17) is 0 Å². The van der Waals surface area contributed by atoms with Crippen LogP contribution >= 0.6 is 0 Å². The van der Waals surface area contributed by atoms with E-state index in [0.29, 0.717) is 0 Å². The molecule has 0 aromatic rings. The molecule has 0 aromatic heterocycles. The maximum Gasteiger partial charge on any atom is 0.0425 e. The van der Waals surface area contributed by atoms with E-state index in [-0.39, 0.29) is 0 Å². The fourth-order valence-electron chi connectivity index (χ4n) is 0.316. The first-order chi connectivity index (χ1) is 4.13. The molecule has 0 aromatic carbocycles. The van der Waals surface area contributed by atoms with Gasteiger partial charge in [-0.1, -0.05) is 0 Å². The number of hydrogen-bond acceptors (Lipinski definition) is 2. The Balaban J connectivity index is 3.60. The molecule has 52 valence electrons. The van der Waals surface area contributed by atoms with E-state index in [1.807, 2.05) is 39.0 Å². The number of nitrogens with zero attached hydrogens (tertiary/aromatic N) is 2. The molecule has 0 rings (SSSR count). The summed E-state index contributed by atoms with van der Waals surface area (Å²) in [7, 11) is 3.94. The van der Waals surface area contributed by atoms with E-state index in [9.17, 15) is 0 Å². The molecule has 0 radical (unpaired) electrons. The lowest BCUT2D eigenvalue weighted by atomic mass is 10.5. The zero-order chi connectivity index (χ0) is 7.28. The van der Waals surface area contributed by atoms with Gasteiger partial charge >= 0.3 is 0 Å². The Kier molecular flexibility index (Phi) is 3.76. The monoisotopic (exact) mass is 126 g/mol. The Bertz CT molecular complexity index is 119. The van der Waals surface area contributed by atoms with Crippen molar-refractivity contribution in [1.29, 1.82) is 0 Å². The third-order valence-corrected chi connectivity index (χ3v) is 0.698. The maximum absolute atomic E-state index is 4.06. The molecule has 0 aliphatic rings. The molecule has 0 aliphatic heterocycles. The van der Waals surface area contributed by atoms with Gasteiger partial charge in [-0.15, -0.1) is 0 Å². The standard InChI is InChI=1S/C7H14N2/c1-7(2)8-5-6-9(3)4/h5-6H,1-4H3/b6-5-. The molecule has 0 amide bonds. The Morgan fingerprint density at radius 2 is 1.89 bits per heavy atom. The number of rotatable bonds is 2. The van der Waals surface area contributed by atoms with Crippen molar-refractivity contribution in [2.24, 2.45) is 4.99 Å². The van der Waals surface area contributed by atoms with Gasteiger partial charge in [-0.05, 0) is 13.8 Å². The molecule has 0 N–H and O–H groups in total. The second-order valence-corrected chi connectivity index (χ2v) is 2.34. The van der Waals surface area contributed by atoms with Gasteiger partial charge in [-0.2, -0.15) is 0 Å². The maximum atomic E-state index is 4.06. The van der Waals surface area contributed by atoms with E-state index in [1.165, 1.54) is 0 Å². The van der Waals surface area contributed by atoms with E-state index >= 15 is 0 Å². The van der Waals surface area contributed by atoms with Gasteiger partial charge in [0.1, 0.15) is 0 Å². The minimum absolute atomic E-state index is 1.08. The molecule has 9 heavy (non-hydrogen) atoms. The highest BCUT2D eigenvalue weighted by Gasteiger charge is 1.73. The molecule has 0 spiro atoms. The van der Waals surface area contributed by atoms with Crippen LogP contribution < -0.4 is 0 Å². The van der Waals surface area contributed by atoms with Crippen molar-refractivity contribution in [3.63, 3.8) is 0 Å². The van der Waals surface area contributed by atoms with E-state index in [2.05, 4.69) is 4.99 Å². The second kappa shape index (κ2) is 4.13. The highest BCUT2D eigenvalue weighted by atomic mass is 15.0. The van der Waals surface area contributed by atoms with Crippen molar-refractivity contribution in [1.82, 2.24) is 4.90 Å². The Hall–Kier alpha value is -0.790. The molecular formula is C7H14N2. The third-order valence-electron chi connectivity index (χ3n) is 0.698. The van der Waals surface area contributed by atoms with Crippen LogP contribution in [0.2, 0.25) is 0 Å². The van der Waals surface area contributed by atoms with Crippen molar-refractivity contribution in [3.8, 4) is 0 Å². The average Bonchev–Trinajstić information content (AvgIpc) is 1.63. The molecule has 0 aliphatic carbocycles. The molecular weight excluding hydrogens is 112 g/mol. The molecule has 0 atom stereocenters. The smallest absolute Gasteiger partial charge is 0.0425 e. The van der Waals surface area contributed by atoms with Crippen LogP contribution in [0.4, 0.5) is 0 Å². The fraction of sp³-hybridized carbons (Fsp3) is 0.571. The van der Waals surface area contributed by atoms with Crippen molar-refractivity contribution in [3.05, 3.63) is 12.4 Å². The molecule has 0 unspecified atom stereocenters. The first-order valence-electron chi connectivity index (χ1n) is 2.97. The normalized spacial score (nSPS) is 9.78. The Labute approximate surface area is 56.9 Å². The lowest BCUT2D eigenvalue weighted by Crippen LogP contribution is -1.99. The SMILES string of the molecule is CC(C)=N/C=C\N(C)C. The summed E-state index contributed by atoms with van der Waals surface area (Å²) < 4.78 is 0. The molecule has 2 heteroatoms. The Morgan fingerprint density at radius 1 is 1.33 bits per heavy atom. The van der Waals surface area contributed by atoms with E-state index in [1.54, 1.807) is 6.20 Å². The molecule has 2 nitrogen and oxygen atoms in total. The second-order valence-electron chi connectivity index (χ2n) is 2.34. The van der Waals surface area contributed by atoms with Crippen LogP contribution in [0.15, 0.2) is 17.4 Å². The lowest BCUT2D eigenvalue weighted by Gasteiger charge is -2.00. The van der Waals surface area contributed by atoms with Gasteiger partial charge in [0.15, 0.2) is 0 Å². The summed E-state index contributed by atoms with van der Waals surface area (Å²) in [6.45, 7) is 3.94. The lowest BCUT2D eigenvalue weighted by molar-refractivity contribution is 0.562. The van der Waals surface area contributed by atoms with Crippen molar-refractivity contribution >= 4 is 5.71 Å². The summed E-state index contributed by atoms with van der Waals surface area (Å²) in [5, 5.41) is 0. The summed E-state index contributed by atoms with van der Waals surface area (Å²) >= 11 is 0. The highest BCUT2D eigenvalue weighted by Crippen LogP contribution is 1.80. The van der Waals surface area contributed by atoms with Crippen LogP contribution in [0.3, 0.4) is 0 Å². The number of aliphatic imine (C=N–C) groups is 1. The minimum Gasteiger partial charge on any atom is -0.382 e. The van der Waals surface area contributed by atoms with Gasteiger partial charge in [0.05, 0.1) is 0 Å². The van der Waals surface area contributed by atoms with Gasteiger partial charge in [0, 0.05) is 32.2 Å². The van der Waals surface area contributed by atoms with Crippen LogP contribution in [-0.2, 0) is 0 Å². The van der Waals surface area contributed by atoms with Gasteiger partial charge in [-0.25, -0.2) is 0 Å². The Morgan fingerprint density at radius 3 is 2.22 bits per heavy atom. The largest absolute Gasteiger partial charge is 0.382 e. The summed E-state index contributed by atoms with van der Waals surface area (Å²) in [5.41, 5.74) is 1.08. The average molecular weight is 126 g/mol. The summed E-state index contributed by atoms with van der Waals surface area (Å²) in [6.07, 6.45) is 3.70. The predicted octanol–water partition coefficient (Wildman–Crippen LogP) is 1.50. The highest BCUT2D eigenvalue weighted by molar-refractivity contribution is 5.79. The van der Waals surface area contributed by atoms with Crippen LogP contribution in [0.5, 0.6) is 0 Å². The molecule has 0 saturated carbocycles. The van der Waals surface area contributed by atoms with E-state index in [0.717, 1.165) is 5.71 Å². The quantitative estimate of drug-likeness (QED) is 0.512. The first kappa shape index (κ1) is 8.21. The zero-order valence-electron chi connectivity index (χ0n) is 6.55. The van der Waals surface area contributed by atoms with Crippen molar-refractivity contribution in [2.45, 2.75) is 13.8 Å². The van der Waals surface area contributed by atoms with Crippen LogP contribution in [-0.4, -0.2) is 24.7 Å². The van der Waals surface area contributed by atoms with E-state index < -0.39 is 0 Å². The topological polar surface area (TPSA) is 15.6 Å². The first-order valence-corrected chi connectivity index (χ1v) is 2.97. The minimum atomic E-state index is 1.08. The van der Waals surface area contributed by atoms with Gasteiger partial charge < -0.3 is 4.90 Å². The van der Waals surface area contributed by atoms with Gasteiger partial charge in [-0.3, -0.25) is 4.99 Å². The molecule has 0 fully saturated rings. The van der Waals surface area contributed by atoms with Crippen LogP contribution in [0.1, 0.15) is 13.8 Å². The van der Waals surface area contributed by atoms with Gasteiger partial charge in [0.25, 0.3) is 0 Å². The fourth-order valence-corrected chi connectivity index (χ4v) is 0.316. The molecule has 0 saturated heterocycles. The van der Waals surface area contributed by atoms with Crippen molar-refractivity contribution in [2.75, 3.05) is 14.1 Å². The molecule has 0 bridgehead atoms. The summed E-state index contributed by atoms with van der Waals surface area (Å²) in [4.78, 5) is 6.01. The third kappa shape index (κ3) is 7.21. The van der Waals surface area contributed by atoms with Crippen molar-refractivity contribution < 1.29 is 0 Å². The molecule has 0 heterocycles. The zero-order valence-corrected chi connectivity index (χ0v) is 6.55. The van der Waals surface area contributed by atoms with Crippen LogP contribution in [0.25, 0.3) is 0 Å². The number of hydrogen-bond donors (Lipinski definition) is 0. The van der Waals surface area contributed by atoms with Crippen LogP contribution in [0, 0.1) is 0 Å².